The van der Waals surface area contributed by atoms with Crippen LogP contribution in [0.4, 0.5) is 10.1 Å². The van der Waals surface area contributed by atoms with Gasteiger partial charge in [0.1, 0.15) is 17.4 Å². The maximum absolute atomic E-state index is 13.4. The maximum atomic E-state index is 13.4. The summed E-state index contributed by atoms with van der Waals surface area (Å²) in [5, 5.41) is 14.7. The standard InChI is InChI=1S/C16H18FN3O/c17-14-7-4-8-15(13(14)11-18)19-9-10-20-16(21)12-5-2-1-3-6-12/h1-2,4,7-8,12,19H,3,5-6,9-10H2,(H,20,21). The highest BCUT2D eigenvalue weighted by Gasteiger charge is 2.17. The molecule has 1 aliphatic rings. The lowest BCUT2D eigenvalue weighted by molar-refractivity contribution is -0.125. The number of carbonyl (C=O) groups excluding carboxylic acids is 1. The van der Waals surface area contributed by atoms with Crippen molar-refractivity contribution >= 4 is 11.6 Å². The number of nitrogens with one attached hydrogen (secondary N) is 2. The molecule has 0 heterocycles. The van der Waals surface area contributed by atoms with E-state index in [9.17, 15) is 9.18 Å². The highest BCUT2D eigenvalue weighted by Crippen LogP contribution is 2.18. The number of nitrogens with zero attached hydrogens (tertiary/aromatic N) is 1. The fraction of sp³-hybridized carbons (Fsp3) is 0.375. The van der Waals surface area contributed by atoms with E-state index < -0.39 is 5.82 Å². The molecule has 1 atom stereocenters. The van der Waals surface area contributed by atoms with Crippen LogP contribution >= 0.6 is 0 Å². The van der Waals surface area contributed by atoms with Gasteiger partial charge in [-0.1, -0.05) is 18.2 Å². The van der Waals surface area contributed by atoms with Crippen LogP contribution in [0.3, 0.4) is 0 Å². The summed E-state index contributed by atoms with van der Waals surface area (Å²) in [7, 11) is 0. The molecular weight excluding hydrogens is 269 g/mol. The Labute approximate surface area is 123 Å². The molecule has 2 N–H and O–H groups in total. The second kappa shape index (κ2) is 7.44. The highest BCUT2D eigenvalue weighted by molar-refractivity contribution is 5.79. The first-order valence-electron chi connectivity index (χ1n) is 7.07. The lowest BCUT2D eigenvalue weighted by Gasteiger charge is -2.17. The summed E-state index contributed by atoms with van der Waals surface area (Å²) in [6.07, 6.45) is 6.77. The highest BCUT2D eigenvalue weighted by atomic mass is 19.1. The number of benzene rings is 1. The van der Waals surface area contributed by atoms with Crippen molar-refractivity contribution < 1.29 is 9.18 Å². The fourth-order valence-corrected chi connectivity index (χ4v) is 2.34. The van der Waals surface area contributed by atoms with Gasteiger partial charge in [-0.2, -0.15) is 5.26 Å². The molecule has 1 aromatic carbocycles. The van der Waals surface area contributed by atoms with Crippen LogP contribution in [-0.2, 0) is 4.79 Å². The normalized spacial score (nSPS) is 17.0. The predicted octanol–water partition coefficient (Wildman–Crippen LogP) is 2.58. The van der Waals surface area contributed by atoms with Crippen LogP contribution < -0.4 is 10.6 Å². The molecule has 21 heavy (non-hydrogen) atoms. The Kier molecular flexibility index (Phi) is 5.33. The molecule has 0 saturated heterocycles. The van der Waals surface area contributed by atoms with Crippen molar-refractivity contribution in [3.05, 3.63) is 41.7 Å². The first kappa shape index (κ1) is 15.0. The van der Waals surface area contributed by atoms with Gasteiger partial charge in [-0.05, 0) is 31.4 Å². The average Bonchev–Trinajstić information content (AvgIpc) is 2.52. The summed E-state index contributed by atoms with van der Waals surface area (Å²) in [6.45, 7) is 0.896. The number of carbonyl (C=O) groups is 1. The Morgan fingerprint density at radius 2 is 2.24 bits per heavy atom. The Balaban J connectivity index is 1.77. The van der Waals surface area contributed by atoms with E-state index in [0.29, 0.717) is 18.8 Å². The van der Waals surface area contributed by atoms with Crippen LogP contribution in [0.5, 0.6) is 0 Å². The number of amides is 1. The predicted molar refractivity (Wildman–Crippen MR) is 79.1 cm³/mol. The van der Waals surface area contributed by atoms with Gasteiger partial charge in [0, 0.05) is 19.0 Å². The van der Waals surface area contributed by atoms with E-state index in [0.717, 1.165) is 19.3 Å². The van der Waals surface area contributed by atoms with Crippen LogP contribution in [0.2, 0.25) is 0 Å². The molecule has 1 unspecified atom stereocenters. The third-order valence-corrected chi connectivity index (χ3v) is 3.50. The molecule has 110 valence electrons. The van der Waals surface area contributed by atoms with E-state index in [4.69, 9.17) is 5.26 Å². The summed E-state index contributed by atoms with van der Waals surface area (Å²) in [6, 6.07) is 6.28. The Morgan fingerprint density at radius 1 is 1.38 bits per heavy atom. The van der Waals surface area contributed by atoms with Crippen molar-refractivity contribution in [1.82, 2.24) is 5.32 Å². The van der Waals surface area contributed by atoms with Crippen LogP contribution in [0.15, 0.2) is 30.4 Å². The van der Waals surface area contributed by atoms with Crippen molar-refractivity contribution in [3.63, 3.8) is 0 Å². The zero-order valence-electron chi connectivity index (χ0n) is 11.7. The lowest BCUT2D eigenvalue weighted by Crippen LogP contribution is -2.34. The number of nitriles is 1. The minimum absolute atomic E-state index is 0.00115. The van der Waals surface area contributed by atoms with Gasteiger partial charge in [0.25, 0.3) is 0 Å². The quantitative estimate of drug-likeness (QED) is 0.646. The minimum Gasteiger partial charge on any atom is -0.382 e. The summed E-state index contributed by atoms with van der Waals surface area (Å²) in [4.78, 5) is 11.9. The Bertz CT molecular complexity index is 577. The average molecular weight is 287 g/mol. The Morgan fingerprint density at radius 3 is 2.95 bits per heavy atom. The third-order valence-electron chi connectivity index (χ3n) is 3.50. The molecule has 0 radical (unpaired) electrons. The first-order valence-corrected chi connectivity index (χ1v) is 7.07. The number of halogens is 1. The molecule has 1 amide bonds. The molecule has 0 spiro atoms. The summed E-state index contributed by atoms with van der Waals surface area (Å²) >= 11 is 0. The molecule has 2 rings (SSSR count). The molecular formula is C16H18FN3O. The number of anilines is 1. The zero-order chi connectivity index (χ0) is 15.1. The van der Waals surface area contributed by atoms with Crippen molar-refractivity contribution in [2.24, 2.45) is 5.92 Å². The van der Waals surface area contributed by atoms with Gasteiger partial charge in [0.2, 0.25) is 5.91 Å². The number of allylic oxidation sites excluding steroid dienone is 2. The van der Waals surface area contributed by atoms with Gasteiger partial charge in [-0.3, -0.25) is 4.79 Å². The molecule has 4 nitrogen and oxygen atoms in total. The number of hydrogen-bond acceptors (Lipinski definition) is 3. The second-order valence-corrected chi connectivity index (χ2v) is 4.97. The van der Waals surface area contributed by atoms with Crippen LogP contribution in [0.25, 0.3) is 0 Å². The molecule has 0 saturated carbocycles. The molecule has 1 aliphatic carbocycles. The minimum atomic E-state index is -0.541. The lowest BCUT2D eigenvalue weighted by atomic mass is 9.94. The van der Waals surface area contributed by atoms with Gasteiger partial charge in [0.05, 0.1) is 5.69 Å². The van der Waals surface area contributed by atoms with Crippen molar-refractivity contribution in [3.8, 4) is 6.07 Å². The smallest absolute Gasteiger partial charge is 0.223 e. The van der Waals surface area contributed by atoms with Gasteiger partial charge in [-0.15, -0.1) is 0 Å². The topological polar surface area (TPSA) is 64.9 Å². The van der Waals surface area contributed by atoms with E-state index in [-0.39, 0.29) is 17.4 Å². The van der Waals surface area contributed by atoms with Crippen molar-refractivity contribution in [1.29, 1.82) is 5.26 Å². The third kappa shape index (κ3) is 4.06. The summed E-state index contributed by atoms with van der Waals surface area (Å²) in [5.41, 5.74) is 0.452. The molecule has 0 aromatic heterocycles. The largest absolute Gasteiger partial charge is 0.382 e. The molecule has 0 aliphatic heterocycles. The van der Waals surface area contributed by atoms with Crippen LogP contribution in [-0.4, -0.2) is 19.0 Å². The monoisotopic (exact) mass is 287 g/mol. The maximum Gasteiger partial charge on any atom is 0.223 e. The van der Waals surface area contributed by atoms with Crippen molar-refractivity contribution in [2.45, 2.75) is 19.3 Å². The van der Waals surface area contributed by atoms with E-state index in [1.807, 2.05) is 12.1 Å². The van der Waals surface area contributed by atoms with Gasteiger partial charge < -0.3 is 10.6 Å². The van der Waals surface area contributed by atoms with Crippen LogP contribution in [0.1, 0.15) is 24.8 Å². The molecule has 0 fully saturated rings. The SMILES string of the molecule is N#Cc1c(F)cccc1NCCNC(=O)C1CC=CCC1. The van der Waals surface area contributed by atoms with E-state index in [1.165, 1.54) is 6.07 Å². The van der Waals surface area contributed by atoms with E-state index in [1.54, 1.807) is 12.1 Å². The second-order valence-electron chi connectivity index (χ2n) is 4.97. The van der Waals surface area contributed by atoms with Gasteiger partial charge >= 0.3 is 0 Å². The summed E-state index contributed by atoms with van der Waals surface area (Å²) < 4.78 is 13.4. The fourth-order valence-electron chi connectivity index (χ4n) is 2.34. The van der Waals surface area contributed by atoms with Gasteiger partial charge in [-0.25, -0.2) is 4.39 Å². The van der Waals surface area contributed by atoms with Gasteiger partial charge in [0.15, 0.2) is 0 Å². The Hall–Kier alpha value is -2.35. The van der Waals surface area contributed by atoms with E-state index >= 15 is 0 Å². The molecule has 0 bridgehead atoms. The molecule has 1 aromatic rings. The van der Waals surface area contributed by atoms with E-state index in [2.05, 4.69) is 16.7 Å². The molecule has 5 heteroatoms. The summed E-state index contributed by atoms with van der Waals surface area (Å²) in [5.74, 6) is -0.430. The first-order chi connectivity index (χ1) is 10.2. The van der Waals surface area contributed by atoms with Crippen molar-refractivity contribution in [2.75, 3.05) is 18.4 Å². The zero-order valence-corrected chi connectivity index (χ0v) is 11.7. The number of hydrogen-bond donors (Lipinski definition) is 2. The van der Waals surface area contributed by atoms with Crippen LogP contribution in [0, 0.1) is 23.1 Å². The number of rotatable bonds is 5.